The fraction of sp³-hybridized carbons (Fsp3) is 0.500. The quantitative estimate of drug-likeness (QED) is 0.569. The third-order valence-electron chi connectivity index (χ3n) is 5.17. The number of hydrogen-bond donors (Lipinski definition) is 1. The van der Waals surface area contributed by atoms with E-state index in [0.717, 1.165) is 29.6 Å². The van der Waals surface area contributed by atoms with E-state index in [2.05, 4.69) is 25.0 Å². The second kappa shape index (κ2) is 8.97. The lowest BCUT2D eigenvalue weighted by Gasteiger charge is -2.13. The lowest BCUT2D eigenvalue weighted by molar-refractivity contribution is 0.282. The Morgan fingerprint density at radius 2 is 1.79 bits per heavy atom. The molecule has 4 heterocycles. The van der Waals surface area contributed by atoms with Gasteiger partial charge in [-0.1, -0.05) is 6.42 Å². The second-order valence-corrected chi connectivity index (χ2v) is 7.25. The third-order valence-corrected chi connectivity index (χ3v) is 5.17. The van der Waals surface area contributed by atoms with Crippen molar-refractivity contribution in [2.45, 2.75) is 45.3 Å². The molecule has 0 spiro atoms. The standard InChI is InChI=1S/C20H27N7O/c21-18-17-14-23-27(13-3-1-2-10-26-11-4-5-12-26)19(17)25-20(24-18)28-15-16-6-8-22-9-7-16/h6-9,14H,1-5,10-13,15H2,(H2,21,24,25). The molecule has 0 saturated carbocycles. The van der Waals surface area contributed by atoms with E-state index in [4.69, 9.17) is 10.5 Å². The van der Waals surface area contributed by atoms with Crippen LogP contribution in [0.25, 0.3) is 11.0 Å². The van der Waals surface area contributed by atoms with Crippen molar-refractivity contribution in [1.82, 2.24) is 29.6 Å². The summed E-state index contributed by atoms with van der Waals surface area (Å²) in [7, 11) is 0. The summed E-state index contributed by atoms with van der Waals surface area (Å²) in [5.41, 5.74) is 7.82. The SMILES string of the molecule is Nc1nc(OCc2ccncc2)nc2c1cnn2CCCCCN1CCCC1. The van der Waals surface area contributed by atoms with Gasteiger partial charge in [0, 0.05) is 18.9 Å². The summed E-state index contributed by atoms with van der Waals surface area (Å²) < 4.78 is 7.63. The molecule has 8 nitrogen and oxygen atoms in total. The first-order valence-corrected chi connectivity index (χ1v) is 10.0. The van der Waals surface area contributed by atoms with Gasteiger partial charge in [-0.15, -0.1) is 0 Å². The first kappa shape index (κ1) is 18.6. The number of nitrogens with zero attached hydrogens (tertiary/aromatic N) is 6. The summed E-state index contributed by atoms with van der Waals surface area (Å²) in [4.78, 5) is 15.4. The van der Waals surface area contributed by atoms with Crippen molar-refractivity contribution >= 4 is 16.9 Å². The molecule has 148 valence electrons. The number of aryl methyl sites for hydroxylation is 1. The normalized spacial score (nSPS) is 14.7. The molecule has 0 atom stereocenters. The summed E-state index contributed by atoms with van der Waals surface area (Å²) in [6, 6.07) is 4.07. The van der Waals surface area contributed by atoms with Gasteiger partial charge in [0.25, 0.3) is 0 Å². The Hall–Kier alpha value is -2.74. The van der Waals surface area contributed by atoms with Crippen molar-refractivity contribution in [2.75, 3.05) is 25.4 Å². The van der Waals surface area contributed by atoms with Gasteiger partial charge in [-0.3, -0.25) is 4.98 Å². The number of pyridine rings is 1. The largest absolute Gasteiger partial charge is 0.458 e. The summed E-state index contributed by atoms with van der Waals surface area (Å²) in [6.07, 6.45) is 11.4. The number of nitrogen functional groups attached to an aromatic ring is 1. The highest BCUT2D eigenvalue weighted by atomic mass is 16.5. The lowest BCUT2D eigenvalue weighted by Crippen LogP contribution is -2.20. The molecule has 1 saturated heterocycles. The predicted octanol–water partition coefficient (Wildman–Crippen LogP) is 2.65. The van der Waals surface area contributed by atoms with Gasteiger partial charge in [0.1, 0.15) is 12.4 Å². The molecular weight excluding hydrogens is 354 g/mol. The van der Waals surface area contributed by atoms with Crippen LogP contribution in [0.5, 0.6) is 6.01 Å². The van der Waals surface area contributed by atoms with Crippen LogP contribution in [-0.4, -0.2) is 49.3 Å². The molecule has 0 amide bonds. The predicted molar refractivity (Wildman–Crippen MR) is 108 cm³/mol. The van der Waals surface area contributed by atoms with Crippen molar-refractivity contribution < 1.29 is 4.74 Å². The maximum Gasteiger partial charge on any atom is 0.320 e. The van der Waals surface area contributed by atoms with E-state index < -0.39 is 0 Å². The second-order valence-electron chi connectivity index (χ2n) is 7.25. The van der Waals surface area contributed by atoms with Crippen LogP contribution in [0.4, 0.5) is 5.82 Å². The topological polar surface area (TPSA) is 95.0 Å². The molecule has 1 aliphatic rings. The van der Waals surface area contributed by atoms with Crippen molar-refractivity contribution in [3.8, 4) is 6.01 Å². The molecule has 0 radical (unpaired) electrons. The van der Waals surface area contributed by atoms with Gasteiger partial charge in [-0.05, 0) is 63.0 Å². The molecule has 1 aliphatic heterocycles. The monoisotopic (exact) mass is 381 g/mol. The number of hydrogen-bond acceptors (Lipinski definition) is 7. The number of likely N-dealkylation sites (tertiary alicyclic amines) is 1. The zero-order chi connectivity index (χ0) is 19.2. The minimum Gasteiger partial charge on any atom is -0.458 e. The smallest absolute Gasteiger partial charge is 0.320 e. The van der Waals surface area contributed by atoms with Crippen LogP contribution in [0.15, 0.2) is 30.7 Å². The zero-order valence-electron chi connectivity index (χ0n) is 16.1. The zero-order valence-corrected chi connectivity index (χ0v) is 16.1. The molecule has 3 aromatic heterocycles. The molecule has 0 unspecified atom stereocenters. The van der Waals surface area contributed by atoms with Crippen molar-refractivity contribution in [3.05, 3.63) is 36.3 Å². The summed E-state index contributed by atoms with van der Waals surface area (Å²) in [6.45, 7) is 4.94. The molecule has 28 heavy (non-hydrogen) atoms. The lowest BCUT2D eigenvalue weighted by atomic mass is 10.2. The minimum atomic E-state index is 0.276. The van der Waals surface area contributed by atoms with E-state index in [1.54, 1.807) is 18.6 Å². The number of nitrogens with two attached hydrogens (primary N) is 1. The highest BCUT2D eigenvalue weighted by Gasteiger charge is 2.13. The third kappa shape index (κ3) is 4.56. The van der Waals surface area contributed by atoms with E-state index in [-0.39, 0.29) is 6.01 Å². The van der Waals surface area contributed by atoms with Gasteiger partial charge >= 0.3 is 6.01 Å². The Balaban J connectivity index is 1.34. The van der Waals surface area contributed by atoms with Crippen LogP contribution >= 0.6 is 0 Å². The number of unbranched alkanes of at least 4 members (excludes halogenated alkanes) is 2. The van der Waals surface area contributed by atoms with Gasteiger partial charge in [0.15, 0.2) is 5.65 Å². The van der Waals surface area contributed by atoms with E-state index in [0.29, 0.717) is 12.4 Å². The van der Waals surface area contributed by atoms with Crippen LogP contribution in [0, 0.1) is 0 Å². The van der Waals surface area contributed by atoms with Crippen LogP contribution < -0.4 is 10.5 Å². The van der Waals surface area contributed by atoms with Gasteiger partial charge < -0.3 is 15.4 Å². The molecule has 0 aliphatic carbocycles. The fourth-order valence-corrected chi connectivity index (χ4v) is 3.59. The van der Waals surface area contributed by atoms with Crippen molar-refractivity contribution in [3.63, 3.8) is 0 Å². The maximum absolute atomic E-state index is 6.09. The van der Waals surface area contributed by atoms with E-state index in [1.807, 2.05) is 16.8 Å². The molecule has 0 aromatic carbocycles. The fourth-order valence-electron chi connectivity index (χ4n) is 3.59. The molecule has 1 fully saturated rings. The van der Waals surface area contributed by atoms with Gasteiger partial charge in [-0.2, -0.15) is 15.1 Å². The van der Waals surface area contributed by atoms with Crippen LogP contribution in [0.3, 0.4) is 0 Å². The highest BCUT2D eigenvalue weighted by Crippen LogP contribution is 2.21. The van der Waals surface area contributed by atoms with Gasteiger partial charge in [0.05, 0.1) is 11.6 Å². The number of fused-ring (bicyclic) bond motifs is 1. The molecule has 0 bridgehead atoms. The Bertz CT molecular complexity index is 890. The maximum atomic E-state index is 6.09. The number of aromatic nitrogens is 5. The first-order chi connectivity index (χ1) is 13.8. The minimum absolute atomic E-state index is 0.276. The van der Waals surface area contributed by atoms with Crippen molar-refractivity contribution in [2.24, 2.45) is 0 Å². The first-order valence-electron chi connectivity index (χ1n) is 10.0. The number of ether oxygens (including phenoxy) is 1. The van der Waals surface area contributed by atoms with Crippen LogP contribution in [-0.2, 0) is 13.2 Å². The average Bonchev–Trinajstić information content (AvgIpc) is 3.37. The summed E-state index contributed by atoms with van der Waals surface area (Å²) >= 11 is 0. The van der Waals surface area contributed by atoms with Crippen LogP contribution in [0.2, 0.25) is 0 Å². The molecule has 8 heteroatoms. The average molecular weight is 381 g/mol. The summed E-state index contributed by atoms with van der Waals surface area (Å²) in [5.74, 6) is 0.398. The molecule has 4 rings (SSSR count). The van der Waals surface area contributed by atoms with E-state index in [1.165, 1.54) is 45.3 Å². The summed E-state index contributed by atoms with van der Waals surface area (Å²) in [5, 5.41) is 5.22. The highest BCUT2D eigenvalue weighted by molar-refractivity contribution is 5.85. The van der Waals surface area contributed by atoms with E-state index in [9.17, 15) is 0 Å². The molecule has 3 aromatic rings. The Labute approximate surface area is 164 Å². The Kier molecular flexibility index (Phi) is 5.96. The Morgan fingerprint density at radius 1 is 1.00 bits per heavy atom. The van der Waals surface area contributed by atoms with Gasteiger partial charge in [0.2, 0.25) is 0 Å². The number of anilines is 1. The van der Waals surface area contributed by atoms with Gasteiger partial charge in [-0.25, -0.2) is 4.68 Å². The molecular formula is C20H27N7O. The van der Waals surface area contributed by atoms with Crippen LogP contribution in [0.1, 0.15) is 37.7 Å². The van der Waals surface area contributed by atoms with E-state index >= 15 is 0 Å². The molecule has 2 N–H and O–H groups in total. The van der Waals surface area contributed by atoms with Crippen molar-refractivity contribution in [1.29, 1.82) is 0 Å². The Morgan fingerprint density at radius 3 is 2.61 bits per heavy atom. The number of rotatable bonds is 9.